The number of rotatable bonds is 24. The van der Waals surface area contributed by atoms with E-state index in [1.807, 2.05) is 0 Å². The van der Waals surface area contributed by atoms with Crippen molar-refractivity contribution in [3.8, 4) is 0 Å². The van der Waals surface area contributed by atoms with E-state index in [2.05, 4.69) is 51.1 Å². The summed E-state index contributed by atoms with van der Waals surface area (Å²) in [6.45, 7) is 8.45. The van der Waals surface area contributed by atoms with E-state index in [0.717, 1.165) is 31.7 Å². The molecule has 0 aliphatic heterocycles. The summed E-state index contributed by atoms with van der Waals surface area (Å²) in [5.74, 6) is 0. The van der Waals surface area contributed by atoms with Crippen LogP contribution < -0.4 is 0 Å². The molecule has 0 unspecified atom stereocenters. The third-order valence-electron chi connectivity index (χ3n) is 7.04. The molecule has 0 aliphatic carbocycles. The van der Waals surface area contributed by atoms with Crippen LogP contribution in [-0.4, -0.2) is 21.8 Å². The van der Waals surface area contributed by atoms with Gasteiger partial charge in [0.15, 0.2) is 0 Å². The Bertz CT molecular complexity index is 515. The van der Waals surface area contributed by atoms with Gasteiger partial charge in [-0.15, -0.1) is 0 Å². The Morgan fingerprint density at radius 1 is 0.515 bits per heavy atom. The molecule has 0 saturated heterocycles. The van der Waals surface area contributed by atoms with Crippen LogP contribution in [0.3, 0.4) is 0 Å². The van der Waals surface area contributed by atoms with Crippen molar-refractivity contribution in [3.63, 3.8) is 0 Å². The summed E-state index contributed by atoms with van der Waals surface area (Å²) in [7, 11) is -2.01. The summed E-state index contributed by atoms with van der Waals surface area (Å²) in [6.07, 6.45) is 23.5. The van der Waals surface area contributed by atoms with Gasteiger partial charge in [0.05, 0.1) is 0 Å². The average molecular weight is 477 g/mol. The van der Waals surface area contributed by atoms with E-state index in [-0.39, 0.29) is 0 Å². The monoisotopic (exact) mass is 476 g/mol. The van der Waals surface area contributed by atoms with Crippen molar-refractivity contribution in [2.45, 2.75) is 142 Å². The zero-order chi connectivity index (χ0) is 23.9. The predicted octanol–water partition coefficient (Wildman–Crippen LogP) is 10.0. The van der Waals surface area contributed by atoms with E-state index in [1.54, 1.807) is 0 Å². The standard InChI is InChI=1S/C30H56O2Si/c1-4-7-8-9-10-11-12-13-14-15-16-17-18-19-20-24-28-31-33(5-2,6-3)32-29-27-30-25-22-21-23-26-30/h21-23,25-26H,4-20,24,27-29H2,1-3H3. The number of benzene rings is 1. The minimum absolute atomic E-state index is 0.789. The van der Waals surface area contributed by atoms with Crippen LogP contribution in [-0.2, 0) is 15.3 Å². The molecule has 0 amide bonds. The first-order valence-electron chi connectivity index (χ1n) is 14.6. The minimum Gasteiger partial charge on any atom is -0.394 e. The van der Waals surface area contributed by atoms with E-state index < -0.39 is 8.56 Å². The van der Waals surface area contributed by atoms with Crippen LogP contribution in [0.5, 0.6) is 0 Å². The zero-order valence-corrected chi connectivity index (χ0v) is 23.6. The molecule has 33 heavy (non-hydrogen) atoms. The molecule has 0 bridgehead atoms. The zero-order valence-electron chi connectivity index (χ0n) is 22.6. The maximum Gasteiger partial charge on any atom is 0.337 e. The molecule has 0 saturated carbocycles. The lowest BCUT2D eigenvalue weighted by molar-refractivity contribution is 0.167. The fourth-order valence-electron chi connectivity index (χ4n) is 4.61. The van der Waals surface area contributed by atoms with E-state index in [4.69, 9.17) is 8.85 Å². The second-order valence-corrected chi connectivity index (χ2v) is 13.7. The molecule has 3 heteroatoms. The van der Waals surface area contributed by atoms with Crippen LogP contribution in [0, 0.1) is 0 Å². The summed E-state index contributed by atoms with van der Waals surface area (Å²) < 4.78 is 12.8. The number of unbranched alkanes of at least 4 members (excludes halogenated alkanes) is 15. The third-order valence-corrected chi connectivity index (χ3v) is 10.7. The quantitative estimate of drug-likeness (QED) is 0.109. The Kier molecular flexibility index (Phi) is 20.1. The highest BCUT2D eigenvalue weighted by Gasteiger charge is 2.33. The van der Waals surface area contributed by atoms with Crippen molar-refractivity contribution in [1.29, 1.82) is 0 Å². The largest absolute Gasteiger partial charge is 0.394 e. The molecule has 1 rings (SSSR count). The Balaban J connectivity index is 1.93. The van der Waals surface area contributed by atoms with Gasteiger partial charge < -0.3 is 8.85 Å². The molecule has 0 spiro atoms. The Morgan fingerprint density at radius 3 is 1.39 bits per heavy atom. The average Bonchev–Trinajstić information content (AvgIpc) is 2.85. The van der Waals surface area contributed by atoms with Gasteiger partial charge in [0, 0.05) is 13.2 Å². The maximum atomic E-state index is 6.40. The highest BCUT2D eigenvalue weighted by molar-refractivity contribution is 6.67. The van der Waals surface area contributed by atoms with Gasteiger partial charge in [0.25, 0.3) is 0 Å². The minimum atomic E-state index is -2.01. The van der Waals surface area contributed by atoms with Crippen molar-refractivity contribution in [3.05, 3.63) is 35.9 Å². The van der Waals surface area contributed by atoms with Crippen molar-refractivity contribution < 1.29 is 8.85 Å². The molecule has 0 atom stereocenters. The molecular formula is C30H56O2Si. The molecular weight excluding hydrogens is 420 g/mol. The topological polar surface area (TPSA) is 18.5 Å². The van der Waals surface area contributed by atoms with Crippen LogP contribution in [0.1, 0.15) is 129 Å². The lowest BCUT2D eigenvalue weighted by atomic mass is 10.0. The molecule has 192 valence electrons. The van der Waals surface area contributed by atoms with E-state index in [9.17, 15) is 0 Å². The highest BCUT2D eigenvalue weighted by Crippen LogP contribution is 2.20. The molecule has 1 aromatic carbocycles. The molecule has 2 nitrogen and oxygen atoms in total. The Morgan fingerprint density at radius 2 is 0.939 bits per heavy atom. The second-order valence-electron chi connectivity index (χ2n) is 9.85. The van der Waals surface area contributed by atoms with E-state index in [0.29, 0.717) is 0 Å². The van der Waals surface area contributed by atoms with Gasteiger partial charge in [0.2, 0.25) is 0 Å². The van der Waals surface area contributed by atoms with Gasteiger partial charge in [-0.05, 0) is 30.5 Å². The van der Waals surface area contributed by atoms with Crippen molar-refractivity contribution >= 4 is 8.56 Å². The molecule has 0 radical (unpaired) electrons. The molecule has 0 heterocycles. The van der Waals surface area contributed by atoms with Crippen LogP contribution in [0.2, 0.25) is 12.1 Å². The van der Waals surface area contributed by atoms with Crippen molar-refractivity contribution in [2.75, 3.05) is 13.2 Å². The summed E-state index contributed by atoms with van der Waals surface area (Å²) in [5, 5.41) is 0. The summed E-state index contributed by atoms with van der Waals surface area (Å²) in [4.78, 5) is 0. The first-order chi connectivity index (χ1) is 16.3. The van der Waals surface area contributed by atoms with Crippen molar-refractivity contribution in [2.24, 2.45) is 0 Å². The van der Waals surface area contributed by atoms with Crippen molar-refractivity contribution in [1.82, 2.24) is 0 Å². The van der Waals surface area contributed by atoms with Crippen LogP contribution >= 0.6 is 0 Å². The van der Waals surface area contributed by atoms with Gasteiger partial charge in [-0.25, -0.2) is 0 Å². The normalized spacial score (nSPS) is 11.8. The lowest BCUT2D eigenvalue weighted by Crippen LogP contribution is -2.41. The smallest absolute Gasteiger partial charge is 0.337 e. The number of hydrogen-bond acceptors (Lipinski definition) is 2. The first kappa shape index (κ1) is 30.4. The Hall–Kier alpha value is -0.643. The molecule has 0 N–H and O–H groups in total. The predicted molar refractivity (Wildman–Crippen MR) is 148 cm³/mol. The molecule has 0 aromatic heterocycles. The van der Waals surface area contributed by atoms with Gasteiger partial charge in [-0.3, -0.25) is 0 Å². The van der Waals surface area contributed by atoms with E-state index in [1.165, 1.54) is 108 Å². The highest BCUT2D eigenvalue weighted by atomic mass is 28.4. The maximum absolute atomic E-state index is 6.40. The van der Waals surface area contributed by atoms with Gasteiger partial charge in [0.1, 0.15) is 0 Å². The van der Waals surface area contributed by atoms with Crippen LogP contribution in [0.25, 0.3) is 0 Å². The molecule has 0 aliphatic rings. The van der Waals surface area contributed by atoms with Gasteiger partial charge in [-0.2, -0.15) is 0 Å². The summed E-state index contributed by atoms with van der Waals surface area (Å²) in [6, 6.07) is 12.8. The summed E-state index contributed by atoms with van der Waals surface area (Å²) in [5.41, 5.74) is 1.35. The Labute approximate surface area is 208 Å². The lowest BCUT2D eigenvalue weighted by Gasteiger charge is -2.29. The second kappa shape index (κ2) is 21.9. The van der Waals surface area contributed by atoms with Crippen LogP contribution in [0.4, 0.5) is 0 Å². The van der Waals surface area contributed by atoms with Crippen LogP contribution in [0.15, 0.2) is 30.3 Å². The fourth-order valence-corrected chi connectivity index (χ4v) is 7.00. The summed E-state index contributed by atoms with van der Waals surface area (Å²) >= 11 is 0. The third kappa shape index (κ3) is 16.6. The first-order valence-corrected chi connectivity index (χ1v) is 16.8. The van der Waals surface area contributed by atoms with E-state index >= 15 is 0 Å². The van der Waals surface area contributed by atoms with Gasteiger partial charge >= 0.3 is 8.56 Å². The SMILES string of the molecule is CCCCCCCCCCCCCCCCCCO[Si](CC)(CC)OCCc1ccccc1. The van der Waals surface area contributed by atoms with Gasteiger partial charge in [-0.1, -0.05) is 147 Å². The number of hydrogen-bond donors (Lipinski definition) is 0. The molecule has 0 fully saturated rings. The fraction of sp³-hybridized carbons (Fsp3) is 0.800. The molecule has 1 aromatic rings.